The summed E-state index contributed by atoms with van der Waals surface area (Å²) < 4.78 is 5.80. The first-order valence-electron chi connectivity index (χ1n) is 6.77. The number of pyridine rings is 1. The third-order valence-electron chi connectivity index (χ3n) is 2.90. The van der Waals surface area contributed by atoms with Crippen LogP contribution in [0.2, 0.25) is 5.02 Å². The maximum Gasteiger partial charge on any atom is 0.147 e. The minimum absolute atomic E-state index is 0.570. The average molecular weight is 291 g/mol. The summed E-state index contributed by atoms with van der Waals surface area (Å²) in [5.41, 5.74) is 2.35. The topological polar surface area (TPSA) is 34.1 Å². The highest BCUT2D eigenvalue weighted by Gasteiger charge is 2.04. The highest BCUT2D eigenvalue weighted by Crippen LogP contribution is 2.26. The van der Waals surface area contributed by atoms with Crippen LogP contribution in [0.4, 0.5) is 0 Å². The van der Waals surface area contributed by atoms with Crippen molar-refractivity contribution in [3.63, 3.8) is 0 Å². The van der Waals surface area contributed by atoms with Crippen LogP contribution in [0.5, 0.6) is 11.5 Å². The Bertz CT molecular complexity index is 572. The minimum Gasteiger partial charge on any atom is -0.455 e. The third-order valence-corrected chi connectivity index (χ3v) is 3.11. The zero-order valence-corrected chi connectivity index (χ0v) is 12.6. The lowest BCUT2D eigenvalue weighted by Gasteiger charge is -2.11. The van der Waals surface area contributed by atoms with E-state index in [2.05, 4.69) is 29.4 Å². The first kappa shape index (κ1) is 14.8. The van der Waals surface area contributed by atoms with Crippen LogP contribution in [-0.4, -0.2) is 11.5 Å². The van der Waals surface area contributed by atoms with E-state index in [0.717, 1.165) is 30.8 Å². The Labute approximate surface area is 124 Å². The molecule has 1 aromatic carbocycles. The molecule has 0 aliphatic rings. The van der Waals surface area contributed by atoms with Gasteiger partial charge in [0, 0.05) is 18.8 Å². The average Bonchev–Trinajstić information content (AvgIpc) is 2.42. The molecule has 2 aromatic rings. The Kier molecular flexibility index (Phi) is 5.39. The van der Waals surface area contributed by atoms with Crippen LogP contribution in [0, 0.1) is 6.92 Å². The number of nitrogens with zero attached hydrogens (tertiary/aromatic N) is 1. The Morgan fingerprint density at radius 1 is 1.25 bits per heavy atom. The van der Waals surface area contributed by atoms with Gasteiger partial charge in [0.1, 0.15) is 11.5 Å². The molecule has 1 heterocycles. The summed E-state index contributed by atoms with van der Waals surface area (Å²) in [5, 5.41) is 3.96. The fraction of sp³-hybridized carbons (Fsp3) is 0.312. The summed E-state index contributed by atoms with van der Waals surface area (Å²) in [7, 11) is 0. The van der Waals surface area contributed by atoms with E-state index in [-0.39, 0.29) is 0 Å². The van der Waals surface area contributed by atoms with Crippen LogP contribution in [0.15, 0.2) is 36.7 Å². The Morgan fingerprint density at radius 3 is 2.80 bits per heavy atom. The lowest BCUT2D eigenvalue weighted by Crippen LogP contribution is -2.13. The van der Waals surface area contributed by atoms with E-state index in [1.54, 1.807) is 18.5 Å². The van der Waals surface area contributed by atoms with E-state index in [0.29, 0.717) is 10.8 Å². The van der Waals surface area contributed by atoms with E-state index in [9.17, 15) is 0 Å². The largest absolute Gasteiger partial charge is 0.455 e. The van der Waals surface area contributed by atoms with Crippen molar-refractivity contribution in [2.24, 2.45) is 0 Å². The molecule has 0 unspecified atom stereocenters. The molecule has 2 rings (SSSR count). The molecule has 0 fully saturated rings. The molecule has 106 valence electrons. The van der Waals surface area contributed by atoms with Crippen LogP contribution in [0.25, 0.3) is 0 Å². The Balaban J connectivity index is 2.06. The molecule has 0 spiro atoms. The molecule has 0 radical (unpaired) electrons. The van der Waals surface area contributed by atoms with Gasteiger partial charge in [0.05, 0.1) is 11.2 Å². The molecule has 0 saturated carbocycles. The highest BCUT2D eigenvalue weighted by molar-refractivity contribution is 6.30. The molecule has 0 aliphatic heterocycles. The standard InChI is InChI=1S/C16H19ClN2O/c1-3-6-18-9-13-4-5-16(12(2)7-13)20-15-8-14(17)10-19-11-15/h4-5,7-8,10-11,18H,3,6,9H2,1-2H3. The van der Waals surface area contributed by atoms with Crippen LogP contribution in [-0.2, 0) is 6.54 Å². The number of aryl methyl sites for hydroxylation is 1. The fourth-order valence-electron chi connectivity index (χ4n) is 1.92. The summed E-state index contributed by atoms with van der Waals surface area (Å²) in [6.45, 7) is 6.12. The molecule has 3 nitrogen and oxygen atoms in total. The number of nitrogens with one attached hydrogen (secondary N) is 1. The normalized spacial score (nSPS) is 10.6. The molecule has 20 heavy (non-hydrogen) atoms. The van der Waals surface area contributed by atoms with Crippen molar-refractivity contribution in [2.75, 3.05) is 6.54 Å². The lowest BCUT2D eigenvalue weighted by atomic mass is 10.1. The number of benzene rings is 1. The second-order valence-electron chi connectivity index (χ2n) is 4.72. The second kappa shape index (κ2) is 7.27. The zero-order chi connectivity index (χ0) is 14.4. The van der Waals surface area contributed by atoms with Gasteiger partial charge < -0.3 is 10.1 Å². The van der Waals surface area contributed by atoms with Crippen molar-refractivity contribution in [3.8, 4) is 11.5 Å². The van der Waals surface area contributed by atoms with Crippen LogP contribution < -0.4 is 10.1 Å². The maximum atomic E-state index is 5.90. The van der Waals surface area contributed by atoms with E-state index in [1.807, 2.05) is 13.0 Å². The van der Waals surface area contributed by atoms with Gasteiger partial charge in [0.25, 0.3) is 0 Å². The first-order valence-corrected chi connectivity index (χ1v) is 7.15. The molecular weight excluding hydrogens is 272 g/mol. The molecule has 0 aliphatic carbocycles. The lowest BCUT2D eigenvalue weighted by molar-refractivity contribution is 0.476. The van der Waals surface area contributed by atoms with Crippen LogP contribution >= 0.6 is 11.6 Å². The molecule has 1 aromatic heterocycles. The number of rotatable bonds is 6. The van der Waals surface area contributed by atoms with Crippen molar-refractivity contribution in [2.45, 2.75) is 26.8 Å². The summed E-state index contributed by atoms with van der Waals surface area (Å²) in [4.78, 5) is 4.01. The summed E-state index contributed by atoms with van der Waals surface area (Å²) in [6.07, 6.45) is 4.38. The van der Waals surface area contributed by atoms with Gasteiger partial charge in [-0.15, -0.1) is 0 Å². The van der Waals surface area contributed by atoms with Gasteiger partial charge in [0.15, 0.2) is 0 Å². The second-order valence-corrected chi connectivity index (χ2v) is 5.15. The number of ether oxygens (including phenoxy) is 1. The molecule has 0 amide bonds. The van der Waals surface area contributed by atoms with E-state index in [1.165, 1.54) is 5.56 Å². The SMILES string of the molecule is CCCNCc1ccc(Oc2cncc(Cl)c2)c(C)c1. The first-order chi connectivity index (χ1) is 9.69. The smallest absolute Gasteiger partial charge is 0.147 e. The van der Waals surface area contributed by atoms with Crippen molar-refractivity contribution >= 4 is 11.6 Å². The van der Waals surface area contributed by atoms with Gasteiger partial charge >= 0.3 is 0 Å². The quantitative estimate of drug-likeness (QED) is 0.804. The van der Waals surface area contributed by atoms with Gasteiger partial charge in [-0.1, -0.05) is 30.7 Å². The van der Waals surface area contributed by atoms with Crippen molar-refractivity contribution < 1.29 is 4.74 Å². The van der Waals surface area contributed by atoms with Gasteiger partial charge in [-0.3, -0.25) is 4.98 Å². The van der Waals surface area contributed by atoms with E-state index in [4.69, 9.17) is 16.3 Å². The molecule has 0 bridgehead atoms. The number of hydrogen-bond donors (Lipinski definition) is 1. The van der Waals surface area contributed by atoms with Gasteiger partial charge in [-0.25, -0.2) is 0 Å². The molecule has 0 saturated heterocycles. The minimum atomic E-state index is 0.570. The Hall–Kier alpha value is -1.58. The monoisotopic (exact) mass is 290 g/mol. The van der Waals surface area contributed by atoms with Gasteiger partial charge in [-0.2, -0.15) is 0 Å². The van der Waals surface area contributed by atoms with Crippen LogP contribution in [0.1, 0.15) is 24.5 Å². The van der Waals surface area contributed by atoms with Crippen molar-refractivity contribution in [3.05, 3.63) is 52.8 Å². The number of halogens is 1. The maximum absolute atomic E-state index is 5.90. The van der Waals surface area contributed by atoms with Crippen molar-refractivity contribution in [1.82, 2.24) is 10.3 Å². The van der Waals surface area contributed by atoms with Crippen molar-refractivity contribution in [1.29, 1.82) is 0 Å². The highest BCUT2D eigenvalue weighted by atomic mass is 35.5. The van der Waals surface area contributed by atoms with Crippen LogP contribution in [0.3, 0.4) is 0 Å². The summed E-state index contributed by atoms with van der Waals surface area (Å²) >= 11 is 5.90. The Morgan fingerprint density at radius 2 is 2.10 bits per heavy atom. The van der Waals surface area contributed by atoms with Gasteiger partial charge in [-0.05, 0) is 37.1 Å². The summed E-state index contributed by atoms with van der Waals surface area (Å²) in [5.74, 6) is 1.48. The summed E-state index contributed by atoms with van der Waals surface area (Å²) in [6, 6.07) is 7.95. The fourth-order valence-corrected chi connectivity index (χ4v) is 2.08. The predicted octanol–water partition coefficient (Wildman–Crippen LogP) is 4.34. The predicted molar refractivity (Wildman–Crippen MR) is 82.5 cm³/mol. The zero-order valence-electron chi connectivity index (χ0n) is 11.8. The third kappa shape index (κ3) is 4.22. The van der Waals surface area contributed by atoms with E-state index >= 15 is 0 Å². The molecule has 0 atom stereocenters. The number of aromatic nitrogens is 1. The van der Waals surface area contributed by atoms with E-state index < -0.39 is 0 Å². The molecule has 4 heteroatoms. The van der Waals surface area contributed by atoms with Gasteiger partial charge in [0.2, 0.25) is 0 Å². The molecular formula is C16H19ClN2O. The number of hydrogen-bond acceptors (Lipinski definition) is 3. The molecule has 1 N–H and O–H groups in total.